The van der Waals surface area contributed by atoms with Crippen molar-refractivity contribution >= 4 is 6.03 Å². The molecule has 5 nitrogen and oxygen atoms in total. The van der Waals surface area contributed by atoms with Crippen molar-refractivity contribution in [2.45, 2.75) is 45.3 Å². The molecule has 0 bridgehead atoms. The highest BCUT2D eigenvalue weighted by Crippen LogP contribution is 2.16. The maximum atomic E-state index is 12.1. The van der Waals surface area contributed by atoms with Crippen molar-refractivity contribution in [2.75, 3.05) is 26.7 Å². The molecule has 5 heteroatoms. The number of carbonyl (C=O) groups excluding carboxylic acids is 1. The molecule has 0 saturated carbocycles. The number of hydrogen-bond donors (Lipinski definition) is 2. The average Bonchev–Trinajstić information content (AvgIpc) is 2.57. The predicted molar refractivity (Wildman–Crippen MR) is 92.3 cm³/mol. The number of aryl methyl sites for hydroxylation is 1. The van der Waals surface area contributed by atoms with Crippen molar-refractivity contribution in [2.24, 2.45) is 0 Å². The van der Waals surface area contributed by atoms with Gasteiger partial charge in [-0.05, 0) is 37.8 Å². The number of likely N-dealkylation sites (tertiary alicyclic amines) is 1. The first kappa shape index (κ1) is 17.8. The number of likely N-dealkylation sites (N-methyl/N-ethyl adjacent to an activating group) is 1. The van der Waals surface area contributed by atoms with Gasteiger partial charge in [-0.15, -0.1) is 0 Å². The fourth-order valence-electron chi connectivity index (χ4n) is 2.86. The third-order valence-electron chi connectivity index (χ3n) is 4.82. The van der Waals surface area contributed by atoms with Gasteiger partial charge in [-0.2, -0.15) is 0 Å². The molecule has 1 aromatic rings. The second-order valence-electron chi connectivity index (χ2n) is 6.57. The summed E-state index contributed by atoms with van der Waals surface area (Å²) >= 11 is 0. The van der Waals surface area contributed by atoms with Gasteiger partial charge in [0.05, 0.1) is 12.6 Å². The molecule has 0 aromatic heterocycles. The van der Waals surface area contributed by atoms with E-state index in [1.165, 1.54) is 11.1 Å². The molecule has 1 aliphatic heterocycles. The fraction of sp³-hybridized carbons (Fsp3) is 0.611. The number of hydrogen-bond acceptors (Lipinski definition) is 3. The number of urea groups is 1. The minimum absolute atomic E-state index is 0.0151. The molecule has 0 aliphatic carbocycles. The van der Waals surface area contributed by atoms with Crippen LogP contribution in [0.2, 0.25) is 0 Å². The summed E-state index contributed by atoms with van der Waals surface area (Å²) in [5.41, 5.74) is 2.72. The smallest absolute Gasteiger partial charge is 0.317 e. The van der Waals surface area contributed by atoms with Crippen LogP contribution in [0.4, 0.5) is 4.79 Å². The summed E-state index contributed by atoms with van der Waals surface area (Å²) in [5, 5.41) is 12.2. The summed E-state index contributed by atoms with van der Waals surface area (Å²) in [4.78, 5) is 16.1. The van der Waals surface area contributed by atoms with Crippen LogP contribution >= 0.6 is 0 Å². The van der Waals surface area contributed by atoms with Gasteiger partial charge in [0.15, 0.2) is 0 Å². The van der Waals surface area contributed by atoms with Gasteiger partial charge in [-0.3, -0.25) is 4.90 Å². The Hall–Kier alpha value is -1.59. The second-order valence-corrected chi connectivity index (χ2v) is 6.57. The lowest BCUT2D eigenvalue weighted by atomic mass is 10.0. The predicted octanol–water partition coefficient (Wildman–Crippen LogP) is 1.98. The van der Waals surface area contributed by atoms with E-state index in [-0.39, 0.29) is 24.7 Å². The number of piperidine rings is 1. The van der Waals surface area contributed by atoms with Crippen LogP contribution in [-0.2, 0) is 6.54 Å². The summed E-state index contributed by atoms with van der Waals surface area (Å²) in [6, 6.07) is 8.48. The lowest BCUT2D eigenvalue weighted by Crippen LogP contribution is -2.50. The van der Waals surface area contributed by atoms with Gasteiger partial charge < -0.3 is 15.3 Å². The third-order valence-corrected chi connectivity index (χ3v) is 4.82. The monoisotopic (exact) mass is 319 g/mol. The van der Waals surface area contributed by atoms with Crippen molar-refractivity contribution in [3.63, 3.8) is 0 Å². The molecule has 23 heavy (non-hydrogen) atoms. The zero-order chi connectivity index (χ0) is 16.8. The molecule has 1 aliphatic rings. The van der Waals surface area contributed by atoms with E-state index < -0.39 is 0 Å². The van der Waals surface area contributed by atoms with Gasteiger partial charge in [0.1, 0.15) is 0 Å². The number of benzene rings is 1. The first-order valence-corrected chi connectivity index (χ1v) is 8.42. The van der Waals surface area contributed by atoms with Gasteiger partial charge in [0.2, 0.25) is 0 Å². The maximum Gasteiger partial charge on any atom is 0.317 e. The maximum absolute atomic E-state index is 12.1. The van der Waals surface area contributed by atoms with E-state index in [1.54, 1.807) is 11.9 Å². The van der Waals surface area contributed by atoms with Gasteiger partial charge in [0, 0.05) is 32.7 Å². The van der Waals surface area contributed by atoms with E-state index in [1.807, 2.05) is 6.92 Å². The quantitative estimate of drug-likeness (QED) is 0.872. The Morgan fingerprint density at radius 3 is 2.65 bits per heavy atom. The average molecular weight is 319 g/mol. The van der Waals surface area contributed by atoms with Crippen molar-refractivity contribution in [3.05, 3.63) is 35.4 Å². The third kappa shape index (κ3) is 4.94. The Kier molecular flexibility index (Phi) is 6.42. The van der Waals surface area contributed by atoms with E-state index in [4.69, 9.17) is 5.11 Å². The lowest BCUT2D eigenvalue weighted by Gasteiger charge is -2.34. The molecular weight excluding hydrogens is 290 g/mol. The molecule has 128 valence electrons. The number of nitrogens with zero attached hydrogens (tertiary/aromatic N) is 2. The zero-order valence-electron chi connectivity index (χ0n) is 14.5. The molecule has 1 aromatic carbocycles. The molecular formula is C18H29N3O2. The SMILES string of the molecule is Cc1ccccc1CN1CCC(NC(=O)N(C)C(C)CO)CC1. The highest BCUT2D eigenvalue weighted by atomic mass is 16.3. The minimum Gasteiger partial charge on any atom is -0.394 e. The number of rotatable bonds is 5. The lowest BCUT2D eigenvalue weighted by molar-refractivity contribution is 0.145. The molecule has 1 unspecified atom stereocenters. The number of carbonyl (C=O) groups is 1. The zero-order valence-corrected chi connectivity index (χ0v) is 14.5. The van der Waals surface area contributed by atoms with E-state index >= 15 is 0 Å². The fourth-order valence-corrected chi connectivity index (χ4v) is 2.86. The van der Waals surface area contributed by atoms with Crippen molar-refractivity contribution in [1.29, 1.82) is 0 Å². The van der Waals surface area contributed by atoms with Gasteiger partial charge in [-0.25, -0.2) is 4.79 Å². The topological polar surface area (TPSA) is 55.8 Å². The highest BCUT2D eigenvalue weighted by Gasteiger charge is 2.23. The van der Waals surface area contributed by atoms with Crippen LogP contribution in [0.25, 0.3) is 0 Å². The standard InChI is InChI=1S/C18H29N3O2/c1-14-6-4-5-7-16(14)12-21-10-8-17(9-11-21)19-18(23)20(3)15(2)13-22/h4-7,15,17,22H,8-13H2,1-3H3,(H,19,23). The molecule has 1 saturated heterocycles. The molecule has 1 atom stereocenters. The molecule has 2 rings (SSSR count). The van der Waals surface area contributed by atoms with Gasteiger partial charge in [0.25, 0.3) is 0 Å². The van der Waals surface area contributed by atoms with E-state index in [0.29, 0.717) is 0 Å². The van der Waals surface area contributed by atoms with E-state index in [0.717, 1.165) is 32.5 Å². The molecule has 2 N–H and O–H groups in total. The minimum atomic E-state index is -0.156. The molecule has 2 amide bonds. The molecule has 0 spiro atoms. The summed E-state index contributed by atoms with van der Waals surface area (Å²) in [6.07, 6.45) is 1.94. The van der Waals surface area contributed by atoms with Crippen LogP contribution in [0.3, 0.4) is 0 Å². The van der Waals surface area contributed by atoms with E-state index in [9.17, 15) is 4.79 Å². The summed E-state index contributed by atoms with van der Waals surface area (Å²) in [6.45, 7) is 6.95. The van der Waals surface area contributed by atoms with Gasteiger partial charge in [-0.1, -0.05) is 24.3 Å². The molecule has 0 radical (unpaired) electrons. The number of amides is 2. The van der Waals surface area contributed by atoms with Crippen molar-refractivity contribution < 1.29 is 9.90 Å². The largest absolute Gasteiger partial charge is 0.394 e. The first-order chi connectivity index (χ1) is 11.0. The number of nitrogens with one attached hydrogen (secondary N) is 1. The molecule has 1 fully saturated rings. The van der Waals surface area contributed by atoms with Crippen LogP contribution in [0, 0.1) is 6.92 Å². The summed E-state index contributed by atoms with van der Waals surface area (Å²) < 4.78 is 0. The second kappa shape index (κ2) is 8.31. The van der Waals surface area contributed by atoms with Crippen LogP contribution in [0.1, 0.15) is 30.9 Å². The van der Waals surface area contributed by atoms with Crippen LogP contribution in [0.5, 0.6) is 0 Å². The van der Waals surface area contributed by atoms with Crippen LogP contribution in [0.15, 0.2) is 24.3 Å². The Morgan fingerprint density at radius 1 is 1.39 bits per heavy atom. The van der Waals surface area contributed by atoms with E-state index in [2.05, 4.69) is 41.4 Å². The van der Waals surface area contributed by atoms with Gasteiger partial charge >= 0.3 is 6.03 Å². The molecule has 1 heterocycles. The van der Waals surface area contributed by atoms with Crippen LogP contribution in [-0.4, -0.2) is 59.8 Å². The van der Waals surface area contributed by atoms with Crippen LogP contribution < -0.4 is 5.32 Å². The first-order valence-electron chi connectivity index (χ1n) is 8.42. The highest BCUT2D eigenvalue weighted by molar-refractivity contribution is 5.74. The Balaban J connectivity index is 1.78. The van der Waals surface area contributed by atoms with Crippen molar-refractivity contribution in [3.8, 4) is 0 Å². The number of aliphatic hydroxyl groups excluding tert-OH is 1. The number of aliphatic hydroxyl groups is 1. The Bertz CT molecular complexity index is 513. The summed E-state index contributed by atoms with van der Waals surface area (Å²) in [5.74, 6) is 0. The Morgan fingerprint density at radius 2 is 2.04 bits per heavy atom. The van der Waals surface area contributed by atoms with Crippen molar-refractivity contribution in [1.82, 2.24) is 15.1 Å². The summed E-state index contributed by atoms with van der Waals surface area (Å²) in [7, 11) is 1.73. The normalized spacial score (nSPS) is 17.7. The Labute approximate surface area is 139 Å².